The number of hydrogen-bond acceptors (Lipinski definition) is 2. The molecule has 2 nitrogen and oxygen atoms in total. The second-order valence-electron chi connectivity index (χ2n) is 2.63. The van der Waals surface area contributed by atoms with Gasteiger partial charge in [0.1, 0.15) is 6.61 Å². The quantitative estimate of drug-likeness (QED) is 0.519. The Morgan fingerprint density at radius 3 is 2.92 bits per heavy atom. The van der Waals surface area contributed by atoms with Gasteiger partial charge < -0.3 is 4.74 Å². The van der Waals surface area contributed by atoms with Crippen LogP contribution < -0.4 is 0 Å². The zero-order chi connectivity index (χ0) is 9.68. The van der Waals surface area contributed by atoms with E-state index in [1.54, 1.807) is 0 Å². The summed E-state index contributed by atoms with van der Waals surface area (Å²) in [5.41, 5.74) is 1.84. The molecule has 0 aliphatic heterocycles. The first-order valence-electron chi connectivity index (χ1n) is 3.92. The standard InChI is InChI=1S/C11H11O2/c1-3-11(12)13-8-10-6-4-5-9(2)7-10/h3-7H,1-2,8H2. The average molecular weight is 175 g/mol. The number of carbonyl (C=O) groups excluding carboxylic acids is 1. The Labute approximate surface area is 77.8 Å². The maximum Gasteiger partial charge on any atom is 0.330 e. The molecule has 67 valence electrons. The van der Waals surface area contributed by atoms with Gasteiger partial charge in [0.15, 0.2) is 0 Å². The van der Waals surface area contributed by atoms with Crippen molar-refractivity contribution in [1.29, 1.82) is 0 Å². The van der Waals surface area contributed by atoms with E-state index in [0.717, 1.165) is 17.2 Å². The van der Waals surface area contributed by atoms with Crippen molar-refractivity contribution in [3.63, 3.8) is 0 Å². The number of esters is 1. The molecular formula is C11H11O2. The summed E-state index contributed by atoms with van der Waals surface area (Å²) in [6, 6.07) is 7.51. The smallest absolute Gasteiger partial charge is 0.330 e. The molecule has 0 amide bonds. The first-order valence-corrected chi connectivity index (χ1v) is 3.92. The van der Waals surface area contributed by atoms with Gasteiger partial charge in [0.05, 0.1) is 0 Å². The fourth-order valence-electron chi connectivity index (χ4n) is 0.933. The molecule has 0 aliphatic carbocycles. The van der Waals surface area contributed by atoms with E-state index in [9.17, 15) is 4.79 Å². The molecule has 0 saturated carbocycles. The Kier molecular flexibility index (Phi) is 3.26. The Morgan fingerprint density at radius 2 is 2.31 bits per heavy atom. The maximum atomic E-state index is 10.7. The van der Waals surface area contributed by atoms with Crippen molar-refractivity contribution in [3.8, 4) is 0 Å². The monoisotopic (exact) mass is 175 g/mol. The lowest BCUT2D eigenvalue weighted by Gasteiger charge is -2.02. The van der Waals surface area contributed by atoms with Gasteiger partial charge in [0, 0.05) is 6.08 Å². The van der Waals surface area contributed by atoms with E-state index in [2.05, 4.69) is 13.5 Å². The predicted molar refractivity (Wildman–Crippen MR) is 50.9 cm³/mol. The van der Waals surface area contributed by atoms with Crippen molar-refractivity contribution in [3.05, 3.63) is 55.0 Å². The molecule has 1 rings (SSSR count). The number of hydrogen-bond donors (Lipinski definition) is 0. The molecule has 1 aromatic rings. The van der Waals surface area contributed by atoms with Crippen molar-refractivity contribution >= 4 is 5.97 Å². The highest BCUT2D eigenvalue weighted by Crippen LogP contribution is 2.05. The summed E-state index contributed by atoms with van der Waals surface area (Å²) in [6.07, 6.45) is 1.15. The number of rotatable bonds is 3. The minimum Gasteiger partial charge on any atom is -0.458 e. The summed E-state index contributed by atoms with van der Waals surface area (Å²) in [6.45, 7) is 7.34. The van der Waals surface area contributed by atoms with Crippen LogP contribution in [0.2, 0.25) is 0 Å². The lowest BCUT2D eigenvalue weighted by molar-refractivity contribution is -0.138. The summed E-state index contributed by atoms with van der Waals surface area (Å²) < 4.78 is 4.85. The molecule has 0 fully saturated rings. The van der Waals surface area contributed by atoms with E-state index in [0.29, 0.717) is 0 Å². The second-order valence-corrected chi connectivity index (χ2v) is 2.63. The van der Waals surface area contributed by atoms with Crippen LogP contribution in [0.5, 0.6) is 0 Å². The van der Waals surface area contributed by atoms with Crippen LogP contribution in [0.25, 0.3) is 0 Å². The predicted octanol–water partition coefficient (Wildman–Crippen LogP) is 2.10. The van der Waals surface area contributed by atoms with Gasteiger partial charge in [-0.2, -0.15) is 0 Å². The molecule has 13 heavy (non-hydrogen) atoms. The van der Waals surface area contributed by atoms with Gasteiger partial charge in [0.25, 0.3) is 0 Å². The van der Waals surface area contributed by atoms with E-state index in [1.165, 1.54) is 0 Å². The first-order chi connectivity index (χ1) is 6.22. The molecule has 0 aromatic heterocycles. The minimum atomic E-state index is -0.408. The van der Waals surface area contributed by atoms with Crippen molar-refractivity contribution in [2.75, 3.05) is 0 Å². The zero-order valence-corrected chi connectivity index (χ0v) is 7.32. The Hall–Kier alpha value is -1.57. The molecular weight excluding hydrogens is 164 g/mol. The molecule has 0 aliphatic rings. The lowest BCUT2D eigenvalue weighted by Crippen LogP contribution is -2.00. The van der Waals surface area contributed by atoms with Crippen LogP contribution in [-0.4, -0.2) is 5.97 Å². The van der Waals surface area contributed by atoms with Crippen LogP contribution in [0.3, 0.4) is 0 Å². The number of carbonyl (C=O) groups is 1. The highest BCUT2D eigenvalue weighted by molar-refractivity contribution is 5.81. The van der Waals surface area contributed by atoms with Gasteiger partial charge >= 0.3 is 5.97 Å². The summed E-state index contributed by atoms with van der Waals surface area (Å²) in [7, 11) is 0. The fraction of sp³-hybridized carbons (Fsp3) is 0.0909. The topological polar surface area (TPSA) is 26.3 Å². The minimum absolute atomic E-state index is 0.272. The molecule has 0 saturated heterocycles. The highest BCUT2D eigenvalue weighted by Gasteiger charge is 1.97. The van der Waals surface area contributed by atoms with E-state index >= 15 is 0 Å². The van der Waals surface area contributed by atoms with Crippen molar-refractivity contribution in [2.45, 2.75) is 6.61 Å². The Bertz CT molecular complexity index is 316. The SMILES string of the molecule is [CH2]c1cccc(COC(=O)C=C)c1. The van der Waals surface area contributed by atoms with Gasteiger partial charge in [-0.15, -0.1) is 0 Å². The van der Waals surface area contributed by atoms with Crippen LogP contribution in [0.4, 0.5) is 0 Å². The third-order valence-electron chi connectivity index (χ3n) is 1.54. The normalized spacial score (nSPS) is 9.31. The summed E-state index contributed by atoms with van der Waals surface area (Å²) in [4.78, 5) is 10.7. The van der Waals surface area contributed by atoms with Gasteiger partial charge in [-0.1, -0.05) is 30.8 Å². The van der Waals surface area contributed by atoms with Crippen LogP contribution in [0.15, 0.2) is 36.9 Å². The van der Waals surface area contributed by atoms with Gasteiger partial charge in [-0.3, -0.25) is 0 Å². The van der Waals surface area contributed by atoms with Crippen LogP contribution in [0.1, 0.15) is 11.1 Å². The van der Waals surface area contributed by atoms with E-state index in [1.807, 2.05) is 24.3 Å². The largest absolute Gasteiger partial charge is 0.458 e. The van der Waals surface area contributed by atoms with Crippen molar-refractivity contribution in [2.24, 2.45) is 0 Å². The second kappa shape index (κ2) is 4.45. The molecule has 1 aromatic carbocycles. The zero-order valence-electron chi connectivity index (χ0n) is 7.32. The third-order valence-corrected chi connectivity index (χ3v) is 1.54. The molecule has 0 bridgehead atoms. The molecule has 0 heterocycles. The summed E-state index contributed by atoms with van der Waals surface area (Å²) in [5.74, 6) is -0.408. The van der Waals surface area contributed by atoms with Crippen LogP contribution in [-0.2, 0) is 16.1 Å². The Balaban J connectivity index is 2.54. The Morgan fingerprint density at radius 1 is 1.54 bits per heavy atom. The van der Waals surface area contributed by atoms with E-state index < -0.39 is 5.97 Å². The molecule has 0 N–H and O–H groups in total. The lowest BCUT2D eigenvalue weighted by atomic mass is 10.1. The number of ether oxygens (including phenoxy) is 1. The van der Waals surface area contributed by atoms with E-state index in [4.69, 9.17) is 4.74 Å². The average Bonchev–Trinajstić information content (AvgIpc) is 2.14. The van der Waals surface area contributed by atoms with Crippen LogP contribution in [0, 0.1) is 6.92 Å². The number of benzene rings is 1. The van der Waals surface area contributed by atoms with Gasteiger partial charge in [-0.05, 0) is 18.1 Å². The van der Waals surface area contributed by atoms with Crippen molar-refractivity contribution < 1.29 is 9.53 Å². The third kappa shape index (κ3) is 3.11. The summed E-state index contributed by atoms with van der Waals surface area (Å²) >= 11 is 0. The molecule has 0 atom stereocenters. The van der Waals surface area contributed by atoms with E-state index in [-0.39, 0.29) is 6.61 Å². The summed E-state index contributed by atoms with van der Waals surface area (Å²) in [5, 5.41) is 0. The first kappa shape index (κ1) is 9.52. The van der Waals surface area contributed by atoms with Crippen LogP contribution >= 0.6 is 0 Å². The molecule has 0 spiro atoms. The van der Waals surface area contributed by atoms with Gasteiger partial charge in [0.2, 0.25) is 0 Å². The molecule has 0 unspecified atom stereocenters. The fourth-order valence-corrected chi connectivity index (χ4v) is 0.933. The molecule has 1 radical (unpaired) electrons. The van der Waals surface area contributed by atoms with Gasteiger partial charge in [-0.25, -0.2) is 4.79 Å². The maximum absolute atomic E-state index is 10.7. The molecule has 2 heteroatoms. The highest BCUT2D eigenvalue weighted by atomic mass is 16.5. The van der Waals surface area contributed by atoms with Crippen molar-refractivity contribution in [1.82, 2.24) is 0 Å².